The fraction of sp³-hybridized carbons (Fsp3) is 0.938. The van der Waals surface area contributed by atoms with Gasteiger partial charge >= 0.3 is 0 Å². The molecule has 1 aliphatic heterocycles. The molecule has 2 fully saturated rings. The van der Waals surface area contributed by atoms with Gasteiger partial charge in [-0.3, -0.25) is 9.69 Å². The molecule has 4 nitrogen and oxygen atoms in total. The van der Waals surface area contributed by atoms with E-state index in [1.807, 2.05) is 0 Å². The summed E-state index contributed by atoms with van der Waals surface area (Å²) in [6.07, 6.45) is 6.31. The van der Waals surface area contributed by atoms with Crippen molar-refractivity contribution in [3.05, 3.63) is 0 Å². The molecule has 1 saturated heterocycles. The predicted molar refractivity (Wildman–Crippen MR) is 82.8 cm³/mol. The van der Waals surface area contributed by atoms with Crippen LogP contribution in [0.15, 0.2) is 0 Å². The summed E-state index contributed by atoms with van der Waals surface area (Å²) in [4.78, 5) is 17.2. The van der Waals surface area contributed by atoms with Crippen molar-refractivity contribution < 1.29 is 4.79 Å². The summed E-state index contributed by atoms with van der Waals surface area (Å²) in [5.41, 5.74) is 0.0832. The third kappa shape index (κ3) is 3.73. The van der Waals surface area contributed by atoms with Crippen molar-refractivity contribution >= 4 is 5.91 Å². The maximum atomic E-state index is 12.7. The molecule has 0 spiro atoms. The van der Waals surface area contributed by atoms with Crippen LogP contribution < -0.4 is 5.32 Å². The maximum Gasteiger partial charge on any atom is 0.237 e. The largest absolute Gasteiger partial charge is 0.339 e. The lowest BCUT2D eigenvalue weighted by Crippen LogP contribution is -2.60. The molecule has 1 aliphatic carbocycles. The smallest absolute Gasteiger partial charge is 0.237 e. The van der Waals surface area contributed by atoms with Crippen LogP contribution in [0.4, 0.5) is 0 Å². The lowest BCUT2D eigenvalue weighted by atomic mass is 9.94. The van der Waals surface area contributed by atoms with Crippen molar-refractivity contribution in [3.8, 4) is 0 Å². The van der Waals surface area contributed by atoms with Gasteiger partial charge < -0.3 is 10.2 Å². The van der Waals surface area contributed by atoms with Gasteiger partial charge in [-0.2, -0.15) is 0 Å². The van der Waals surface area contributed by atoms with E-state index in [1.54, 1.807) is 0 Å². The summed E-state index contributed by atoms with van der Waals surface area (Å²) in [7, 11) is 0. The number of carbonyl (C=O) groups excluding carboxylic acids is 1. The number of carbonyl (C=O) groups is 1. The Kier molecular flexibility index (Phi) is 5.44. The Morgan fingerprint density at radius 1 is 1.30 bits per heavy atom. The number of hydrogen-bond acceptors (Lipinski definition) is 3. The van der Waals surface area contributed by atoms with Crippen molar-refractivity contribution in [2.45, 2.75) is 64.5 Å². The van der Waals surface area contributed by atoms with E-state index in [0.29, 0.717) is 18.5 Å². The topological polar surface area (TPSA) is 35.6 Å². The monoisotopic (exact) mass is 281 g/mol. The first-order valence-corrected chi connectivity index (χ1v) is 8.30. The third-order valence-electron chi connectivity index (χ3n) is 4.97. The van der Waals surface area contributed by atoms with Crippen LogP contribution in [-0.2, 0) is 4.79 Å². The quantitative estimate of drug-likeness (QED) is 0.854. The Hall–Kier alpha value is -0.610. The fourth-order valence-electron chi connectivity index (χ4n) is 3.60. The van der Waals surface area contributed by atoms with E-state index in [2.05, 4.69) is 35.9 Å². The van der Waals surface area contributed by atoms with Gasteiger partial charge in [0.1, 0.15) is 0 Å². The lowest BCUT2D eigenvalue weighted by molar-refractivity contribution is -0.137. The fourth-order valence-corrected chi connectivity index (χ4v) is 3.60. The molecule has 0 bridgehead atoms. The van der Waals surface area contributed by atoms with Crippen molar-refractivity contribution in [3.63, 3.8) is 0 Å². The number of nitrogens with one attached hydrogen (secondary N) is 1. The van der Waals surface area contributed by atoms with Crippen molar-refractivity contribution in [2.75, 3.05) is 32.7 Å². The van der Waals surface area contributed by atoms with Crippen molar-refractivity contribution in [1.29, 1.82) is 0 Å². The number of amides is 1. The van der Waals surface area contributed by atoms with Crippen molar-refractivity contribution in [2.24, 2.45) is 0 Å². The first-order chi connectivity index (χ1) is 9.54. The predicted octanol–water partition coefficient (Wildman–Crippen LogP) is 1.85. The molecule has 1 saturated carbocycles. The molecular weight excluding hydrogens is 250 g/mol. The van der Waals surface area contributed by atoms with Gasteiger partial charge in [-0.1, -0.05) is 19.3 Å². The summed E-state index contributed by atoms with van der Waals surface area (Å²) >= 11 is 0. The number of hydrogen-bond donors (Lipinski definition) is 1. The second-order valence-corrected chi connectivity index (χ2v) is 6.88. The Balaban J connectivity index is 1.94. The molecule has 0 aromatic heterocycles. The Morgan fingerprint density at radius 2 is 2.00 bits per heavy atom. The Labute approximate surface area is 123 Å². The molecule has 0 unspecified atom stereocenters. The minimum Gasteiger partial charge on any atom is -0.339 e. The molecule has 0 atom stereocenters. The Morgan fingerprint density at radius 3 is 2.60 bits per heavy atom. The normalized spacial score (nSPS) is 24.6. The highest BCUT2D eigenvalue weighted by Gasteiger charge is 2.33. The highest BCUT2D eigenvalue weighted by atomic mass is 16.2. The molecule has 116 valence electrons. The molecule has 1 heterocycles. The molecule has 2 rings (SSSR count). The van der Waals surface area contributed by atoms with Crippen LogP contribution in [0.25, 0.3) is 0 Å². The van der Waals surface area contributed by atoms with E-state index >= 15 is 0 Å². The lowest BCUT2D eigenvalue weighted by Gasteiger charge is -2.44. The summed E-state index contributed by atoms with van der Waals surface area (Å²) in [6, 6.07) is 0.493. The number of rotatable bonds is 4. The minimum absolute atomic E-state index is 0.0832. The number of piperazine rings is 1. The molecular formula is C16H31N3O. The van der Waals surface area contributed by atoms with E-state index in [4.69, 9.17) is 0 Å². The Bertz CT molecular complexity index is 324. The zero-order valence-corrected chi connectivity index (χ0v) is 13.5. The zero-order valence-electron chi connectivity index (χ0n) is 13.5. The SMILES string of the molecule is CCN(C(=O)CN1CCNCC1(C)C)C1CCCCC1. The molecule has 20 heavy (non-hydrogen) atoms. The van der Waals surface area contributed by atoms with Gasteiger partial charge in [0, 0.05) is 37.8 Å². The zero-order chi connectivity index (χ0) is 14.6. The van der Waals surface area contributed by atoms with Crippen LogP contribution >= 0.6 is 0 Å². The van der Waals surface area contributed by atoms with Crippen LogP contribution in [0.5, 0.6) is 0 Å². The molecule has 0 aromatic rings. The molecule has 4 heteroatoms. The first kappa shape index (κ1) is 15.8. The van der Waals surface area contributed by atoms with Gasteiger partial charge in [0.25, 0.3) is 0 Å². The molecule has 2 aliphatic rings. The van der Waals surface area contributed by atoms with E-state index in [1.165, 1.54) is 32.1 Å². The molecule has 1 N–H and O–H groups in total. The second kappa shape index (κ2) is 6.90. The van der Waals surface area contributed by atoms with Crippen LogP contribution in [0.1, 0.15) is 52.9 Å². The van der Waals surface area contributed by atoms with Crippen LogP contribution in [-0.4, -0.2) is 60.0 Å². The van der Waals surface area contributed by atoms with E-state index in [0.717, 1.165) is 26.2 Å². The molecule has 0 aromatic carbocycles. The third-order valence-corrected chi connectivity index (χ3v) is 4.97. The summed E-state index contributed by atoms with van der Waals surface area (Å²) in [5, 5.41) is 3.42. The van der Waals surface area contributed by atoms with Gasteiger partial charge in [0.15, 0.2) is 0 Å². The van der Waals surface area contributed by atoms with E-state index in [-0.39, 0.29) is 5.54 Å². The molecule has 1 amide bonds. The van der Waals surface area contributed by atoms with Gasteiger partial charge in [0.2, 0.25) is 5.91 Å². The van der Waals surface area contributed by atoms with Crippen molar-refractivity contribution in [1.82, 2.24) is 15.1 Å². The average Bonchev–Trinajstić information content (AvgIpc) is 2.43. The second-order valence-electron chi connectivity index (χ2n) is 6.88. The van der Waals surface area contributed by atoms with Gasteiger partial charge in [-0.25, -0.2) is 0 Å². The number of nitrogens with zero attached hydrogens (tertiary/aromatic N) is 2. The van der Waals surface area contributed by atoms with Gasteiger partial charge in [-0.15, -0.1) is 0 Å². The highest BCUT2D eigenvalue weighted by Crippen LogP contribution is 2.23. The van der Waals surface area contributed by atoms with Crippen LogP contribution in [0, 0.1) is 0 Å². The minimum atomic E-state index is 0.0832. The van der Waals surface area contributed by atoms with Gasteiger partial charge in [0.05, 0.1) is 6.54 Å². The first-order valence-electron chi connectivity index (χ1n) is 8.30. The summed E-state index contributed by atoms with van der Waals surface area (Å²) in [6.45, 7) is 10.9. The molecule has 0 radical (unpaired) electrons. The van der Waals surface area contributed by atoms with Crippen LogP contribution in [0.2, 0.25) is 0 Å². The number of likely N-dealkylation sites (N-methyl/N-ethyl adjacent to an activating group) is 1. The summed E-state index contributed by atoms with van der Waals surface area (Å²) in [5.74, 6) is 0.328. The average molecular weight is 281 g/mol. The van der Waals surface area contributed by atoms with E-state index < -0.39 is 0 Å². The standard InChI is InChI=1S/C16H31N3O/c1-4-19(14-8-6-5-7-9-14)15(20)12-18-11-10-17-13-16(18,2)3/h14,17H,4-13H2,1-3H3. The summed E-state index contributed by atoms with van der Waals surface area (Å²) < 4.78 is 0. The highest BCUT2D eigenvalue weighted by molar-refractivity contribution is 5.78. The van der Waals surface area contributed by atoms with Gasteiger partial charge in [-0.05, 0) is 33.6 Å². The van der Waals surface area contributed by atoms with E-state index in [9.17, 15) is 4.79 Å². The maximum absolute atomic E-state index is 12.7. The van der Waals surface area contributed by atoms with Crippen LogP contribution in [0.3, 0.4) is 0 Å².